The van der Waals surface area contributed by atoms with E-state index in [9.17, 15) is 4.55 Å². The van der Waals surface area contributed by atoms with E-state index in [1.807, 2.05) is 0 Å². The van der Waals surface area contributed by atoms with Gasteiger partial charge in [-0.3, -0.25) is 0 Å². The van der Waals surface area contributed by atoms with Gasteiger partial charge in [0.05, 0.1) is 0 Å². The molecule has 0 aliphatic carbocycles. The van der Waals surface area contributed by atoms with Gasteiger partial charge >= 0.3 is 0 Å². The zero-order valence-corrected chi connectivity index (χ0v) is 5.54. The molecule has 0 saturated carbocycles. The first-order chi connectivity index (χ1) is 3.79. The highest BCUT2D eigenvalue weighted by molar-refractivity contribution is 7.91. The molecule has 1 heterocycles. The van der Waals surface area contributed by atoms with Crippen LogP contribution in [0.25, 0.3) is 0 Å². The Morgan fingerprint density at radius 3 is 2.25 bits per heavy atom. The van der Waals surface area contributed by atoms with Crippen molar-refractivity contribution in [2.45, 2.75) is 12.8 Å². The molecule has 2 nitrogen and oxygen atoms in total. The molecule has 1 aliphatic heterocycles. The highest BCUT2D eigenvalue weighted by Gasteiger charge is 2.18. The standard InChI is InChI=1S/C5H10NOS/c6-5-1-3-8(7)4-2-5/h1-4,6H2. The van der Waals surface area contributed by atoms with E-state index < -0.39 is 11.2 Å². The Bertz CT molecular complexity index is 60.8. The maximum absolute atomic E-state index is 10.7. The van der Waals surface area contributed by atoms with Crippen molar-refractivity contribution in [2.75, 3.05) is 11.5 Å². The second kappa shape index (κ2) is 2.71. The first kappa shape index (κ1) is 6.39. The Labute approximate surface area is 52.6 Å². The molecule has 0 spiro atoms. The minimum atomic E-state index is -0.562. The highest BCUT2D eigenvalue weighted by Crippen LogP contribution is 2.14. The second-order valence-corrected chi connectivity index (χ2v) is 3.70. The van der Waals surface area contributed by atoms with Gasteiger partial charge in [-0.2, -0.15) is 0 Å². The summed E-state index contributed by atoms with van der Waals surface area (Å²) in [6, 6.07) is 1.02. The first-order valence-electron chi connectivity index (χ1n) is 2.74. The lowest BCUT2D eigenvalue weighted by Crippen LogP contribution is -2.26. The molecule has 0 aromatic rings. The predicted molar refractivity (Wildman–Crippen MR) is 34.5 cm³/mol. The van der Waals surface area contributed by atoms with E-state index in [4.69, 9.17) is 5.73 Å². The third-order valence-corrected chi connectivity index (χ3v) is 2.62. The lowest BCUT2D eigenvalue weighted by Gasteiger charge is -2.19. The van der Waals surface area contributed by atoms with E-state index in [1.54, 1.807) is 0 Å². The molecule has 0 atom stereocenters. The molecule has 1 saturated heterocycles. The molecule has 0 aromatic carbocycles. The highest BCUT2D eigenvalue weighted by atomic mass is 32.2. The Morgan fingerprint density at radius 1 is 1.38 bits per heavy atom. The summed E-state index contributed by atoms with van der Waals surface area (Å²) in [5, 5.41) is 0. The molecule has 3 heteroatoms. The maximum atomic E-state index is 10.7. The van der Waals surface area contributed by atoms with Crippen LogP contribution in [0.3, 0.4) is 0 Å². The van der Waals surface area contributed by atoms with E-state index >= 15 is 0 Å². The molecular formula is C5H10NOS. The van der Waals surface area contributed by atoms with Gasteiger partial charge in [0.25, 0.3) is 0 Å². The lowest BCUT2D eigenvalue weighted by molar-refractivity contribution is 0.578. The minimum absolute atomic E-state index is 0.562. The fraction of sp³-hybridized carbons (Fsp3) is 0.800. The maximum Gasteiger partial charge on any atom is 0.107 e. The molecule has 47 valence electrons. The minimum Gasteiger partial charge on any atom is -0.616 e. The summed E-state index contributed by atoms with van der Waals surface area (Å²) in [7, 11) is 0. The molecule has 1 rings (SSSR count). The number of hydrogen-bond donors (Lipinski definition) is 1. The van der Waals surface area contributed by atoms with Crippen molar-refractivity contribution >= 4 is 11.2 Å². The van der Waals surface area contributed by atoms with Crippen LogP contribution in [0, 0.1) is 6.04 Å². The van der Waals surface area contributed by atoms with Crippen molar-refractivity contribution in [3.63, 3.8) is 0 Å². The van der Waals surface area contributed by atoms with Crippen LogP contribution >= 0.6 is 0 Å². The van der Waals surface area contributed by atoms with Gasteiger partial charge in [0.15, 0.2) is 0 Å². The fourth-order valence-electron chi connectivity index (χ4n) is 0.717. The monoisotopic (exact) mass is 132 g/mol. The lowest BCUT2D eigenvalue weighted by atomic mass is 10.2. The first-order valence-corrected chi connectivity index (χ1v) is 4.23. The van der Waals surface area contributed by atoms with Gasteiger partial charge in [0.1, 0.15) is 11.5 Å². The largest absolute Gasteiger partial charge is 0.616 e. The van der Waals surface area contributed by atoms with Crippen molar-refractivity contribution in [3.8, 4) is 0 Å². The topological polar surface area (TPSA) is 49.1 Å². The third-order valence-electron chi connectivity index (χ3n) is 1.30. The van der Waals surface area contributed by atoms with E-state index in [2.05, 4.69) is 0 Å². The summed E-state index contributed by atoms with van der Waals surface area (Å²) in [5.74, 6) is 1.57. The van der Waals surface area contributed by atoms with Gasteiger partial charge in [0, 0.05) is 18.9 Å². The Morgan fingerprint density at radius 2 is 1.88 bits per heavy atom. The van der Waals surface area contributed by atoms with Crippen LogP contribution in [0.5, 0.6) is 0 Å². The fourth-order valence-corrected chi connectivity index (χ4v) is 1.90. The summed E-state index contributed by atoms with van der Waals surface area (Å²) in [6.07, 6.45) is 1.74. The Hall–Kier alpha value is 0.270. The van der Waals surface area contributed by atoms with Crippen molar-refractivity contribution in [2.24, 2.45) is 5.73 Å². The van der Waals surface area contributed by atoms with Crippen molar-refractivity contribution in [3.05, 3.63) is 6.04 Å². The Kier molecular flexibility index (Phi) is 2.16. The second-order valence-electron chi connectivity index (χ2n) is 2.01. The van der Waals surface area contributed by atoms with Crippen LogP contribution in [-0.4, -0.2) is 16.1 Å². The van der Waals surface area contributed by atoms with Crippen LogP contribution in [0.2, 0.25) is 0 Å². The van der Waals surface area contributed by atoms with Crippen LogP contribution in [0.1, 0.15) is 12.8 Å². The number of rotatable bonds is 0. The summed E-state index contributed by atoms with van der Waals surface area (Å²) < 4.78 is 10.7. The van der Waals surface area contributed by atoms with Gasteiger partial charge in [-0.05, 0) is 0 Å². The van der Waals surface area contributed by atoms with Crippen LogP contribution in [0.15, 0.2) is 0 Å². The van der Waals surface area contributed by atoms with Crippen molar-refractivity contribution < 1.29 is 4.55 Å². The zero-order valence-electron chi connectivity index (χ0n) is 4.72. The average molecular weight is 132 g/mol. The zero-order chi connectivity index (χ0) is 5.98. The van der Waals surface area contributed by atoms with Crippen LogP contribution in [-0.2, 0) is 11.2 Å². The van der Waals surface area contributed by atoms with E-state index in [0.29, 0.717) is 0 Å². The summed E-state index contributed by atoms with van der Waals surface area (Å²) in [6.45, 7) is 0. The average Bonchev–Trinajstić information content (AvgIpc) is 1.77. The van der Waals surface area contributed by atoms with Crippen molar-refractivity contribution in [1.82, 2.24) is 0 Å². The Balaban J connectivity index is 2.19. The molecule has 0 bridgehead atoms. The predicted octanol–water partition coefficient (Wildman–Crippen LogP) is 0.0196. The van der Waals surface area contributed by atoms with E-state index in [1.165, 1.54) is 0 Å². The number of hydrogen-bond acceptors (Lipinski definition) is 2. The molecule has 1 aliphatic rings. The smallest absolute Gasteiger partial charge is 0.107 e. The van der Waals surface area contributed by atoms with Gasteiger partial charge < -0.3 is 10.3 Å². The van der Waals surface area contributed by atoms with E-state index in [-0.39, 0.29) is 0 Å². The summed E-state index contributed by atoms with van der Waals surface area (Å²) in [5.41, 5.74) is 5.48. The molecular weight excluding hydrogens is 122 g/mol. The molecule has 2 N–H and O–H groups in total. The number of nitrogens with two attached hydrogens (primary N) is 1. The van der Waals surface area contributed by atoms with Crippen LogP contribution < -0.4 is 5.73 Å². The van der Waals surface area contributed by atoms with Gasteiger partial charge in [-0.15, -0.1) is 0 Å². The summed E-state index contributed by atoms with van der Waals surface area (Å²) in [4.78, 5) is 0. The van der Waals surface area contributed by atoms with Gasteiger partial charge in [-0.25, -0.2) is 0 Å². The quantitative estimate of drug-likeness (QED) is 0.472. The summed E-state index contributed by atoms with van der Waals surface area (Å²) >= 11 is -0.562. The molecule has 0 unspecified atom stereocenters. The molecule has 0 amide bonds. The SMILES string of the molecule is N[C]1CC[S+]([O-])CC1. The third kappa shape index (κ3) is 1.65. The van der Waals surface area contributed by atoms with Gasteiger partial charge in [-0.1, -0.05) is 11.2 Å². The van der Waals surface area contributed by atoms with E-state index in [0.717, 1.165) is 30.4 Å². The van der Waals surface area contributed by atoms with Crippen LogP contribution in [0.4, 0.5) is 0 Å². The van der Waals surface area contributed by atoms with Gasteiger partial charge in [0.2, 0.25) is 0 Å². The molecule has 1 fully saturated rings. The molecule has 0 aromatic heterocycles. The normalized spacial score (nSPS) is 26.2. The van der Waals surface area contributed by atoms with Crippen molar-refractivity contribution in [1.29, 1.82) is 0 Å². The molecule has 8 heavy (non-hydrogen) atoms. The molecule has 1 radical (unpaired) electrons.